The molecule has 1 aliphatic carbocycles. The molecular formula is C16H26O. The highest BCUT2D eigenvalue weighted by Gasteiger charge is 2.02. The lowest BCUT2D eigenvalue weighted by atomic mass is 9.96. The molecule has 1 heteroatoms. The highest BCUT2D eigenvalue weighted by Crippen LogP contribution is 2.21. The predicted molar refractivity (Wildman–Crippen MR) is 75.0 cm³/mol. The van der Waals surface area contributed by atoms with Gasteiger partial charge < -0.3 is 5.11 Å². The van der Waals surface area contributed by atoms with Crippen LogP contribution in [0, 0.1) is 0 Å². The number of hydrogen-bond donors (Lipinski definition) is 1. The lowest BCUT2D eigenvalue weighted by Crippen LogP contribution is -1.95. The minimum absolute atomic E-state index is 0.217. The molecule has 0 aliphatic heterocycles. The molecule has 17 heavy (non-hydrogen) atoms. The van der Waals surface area contributed by atoms with E-state index in [0.29, 0.717) is 0 Å². The summed E-state index contributed by atoms with van der Waals surface area (Å²) in [6, 6.07) is 0. The molecule has 0 aromatic carbocycles. The predicted octanol–water partition coefficient (Wildman–Crippen LogP) is 4.54. The molecule has 0 saturated heterocycles. The quantitative estimate of drug-likeness (QED) is 0.660. The molecule has 96 valence electrons. The molecule has 0 aromatic heterocycles. The van der Waals surface area contributed by atoms with Crippen LogP contribution in [-0.2, 0) is 0 Å². The first-order chi connectivity index (χ1) is 8.13. The van der Waals surface area contributed by atoms with E-state index in [1.54, 1.807) is 0 Å². The number of rotatable bonds is 1. The van der Waals surface area contributed by atoms with E-state index in [0.717, 1.165) is 25.7 Å². The van der Waals surface area contributed by atoms with Crippen molar-refractivity contribution < 1.29 is 5.11 Å². The number of allylic oxidation sites excluding steroid dienone is 5. The summed E-state index contributed by atoms with van der Waals surface area (Å²) in [6.45, 7) is 6.92. The van der Waals surface area contributed by atoms with Crippen LogP contribution in [0.3, 0.4) is 0 Å². The van der Waals surface area contributed by atoms with Gasteiger partial charge >= 0.3 is 0 Å². The summed E-state index contributed by atoms with van der Waals surface area (Å²) in [5.74, 6) is 0. The molecule has 0 unspecified atom stereocenters. The van der Waals surface area contributed by atoms with Crippen molar-refractivity contribution in [1.82, 2.24) is 0 Å². The molecule has 0 bridgehead atoms. The van der Waals surface area contributed by atoms with Crippen LogP contribution in [0.2, 0.25) is 0 Å². The summed E-state index contributed by atoms with van der Waals surface area (Å²) in [6.07, 6.45) is 11.2. The Morgan fingerprint density at radius 1 is 0.882 bits per heavy atom. The molecule has 0 aromatic rings. The number of aliphatic hydroxyl groups excluding tert-OH is 1. The van der Waals surface area contributed by atoms with Crippen LogP contribution in [-0.4, -0.2) is 11.7 Å². The minimum Gasteiger partial charge on any atom is -0.392 e. The molecule has 1 nitrogen and oxygen atoms in total. The van der Waals surface area contributed by atoms with Gasteiger partial charge in [0.25, 0.3) is 0 Å². The molecule has 0 heterocycles. The smallest absolute Gasteiger partial charge is 0.0641 e. The third kappa shape index (κ3) is 5.36. The average Bonchev–Trinajstić information content (AvgIpc) is 2.33. The molecule has 0 radical (unpaired) electrons. The average molecular weight is 234 g/mol. The van der Waals surface area contributed by atoms with Crippen LogP contribution >= 0.6 is 0 Å². The summed E-state index contributed by atoms with van der Waals surface area (Å²) in [4.78, 5) is 0. The van der Waals surface area contributed by atoms with Gasteiger partial charge in [-0.05, 0) is 64.9 Å². The normalized spacial score (nSPS) is 30.6. The standard InChI is InChI=1S/C16H26O/c1-13-6-4-5-7-16(12-17)11-10-15(3)14(2)9-8-13/h6-7,17H,4-5,8-12H2,1-3H3/b13-6+,15-14+,16-7-. The van der Waals surface area contributed by atoms with Crippen molar-refractivity contribution >= 4 is 0 Å². The molecule has 0 amide bonds. The third-order valence-corrected chi connectivity index (χ3v) is 3.74. The van der Waals surface area contributed by atoms with E-state index >= 15 is 0 Å². The first kappa shape index (κ1) is 14.2. The van der Waals surface area contributed by atoms with Crippen LogP contribution in [0.1, 0.15) is 59.3 Å². The SMILES string of the molecule is C/C1=C\CC/C=C(\CO)CC/C(C)=C(\C)CC1. The topological polar surface area (TPSA) is 20.2 Å². The Bertz CT molecular complexity index is 331. The van der Waals surface area contributed by atoms with E-state index in [1.807, 2.05) is 0 Å². The molecule has 1 aliphatic rings. The second-order valence-corrected chi connectivity index (χ2v) is 5.21. The van der Waals surface area contributed by atoms with Crippen LogP contribution in [0.25, 0.3) is 0 Å². The van der Waals surface area contributed by atoms with E-state index in [4.69, 9.17) is 0 Å². The Hall–Kier alpha value is -0.820. The van der Waals surface area contributed by atoms with Gasteiger partial charge in [-0.3, -0.25) is 0 Å². The van der Waals surface area contributed by atoms with Crippen LogP contribution in [0.5, 0.6) is 0 Å². The number of aliphatic hydroxyl groups is 1. The van der Waals surface area contributed by atoms with Gasteiger partial charge in [-0.1, -0.05) is 28.9 Å². The Kier molecular flexibility index (Phi) is 6.28. The molecular weight excluding hydrogens is 208 g/mol. The summed E-state index contributed by atoms with van der Waals surface area (Å²) in [7, 11) is 0. The van der Waals surface area contributed by atoms with Gasteiger partial charge in [-0.25, -0.2) is 0 Å². The summed E-state index contributed by atoms with van der Waals surface area (Å²) in [5, 5.41) is 9.30. The first-order valence-corrected chi connectivity index (χ1v) is 6.73. The van der Waals surface area contributed by atoms with Crippen LogP contribution in [0.15, 0.2) is 34.4 Å². The number of hydrogen-bond acceptors (Lipinski definition) is 1. The van der Waals surface area contributed by atoms with Crippen molar-refractivity contribution in [1.29, 1.82) is 0 Å². The van der Waals surface area contributed by atoms with Gasteiger partial charge in [0.2, 0.25) is 0 Å². The molecule has 0 fully saturated rings. The maximum Gasteiger partial charge on any atom is 0.0641 e. The molecule has 0 atom stereocenters. The van der Waals surface area contributed by atoms with Crippen LogP contribution < -0.4 is 0 Å². The largest absolute Gasteiger partial charge is 0.392 e. The molecule has 0 spiro atoms. The van der Waals surface area contributed by atoms with E-state index in [-0.39, 0.29) is 6.61 Å². The Morgan fingerprint density at radius 2 is 1.47 bits per heavy atom. The molecule has 1 rings (SSSR count). The van der Waals surface area contributed by atoms with Crippen molar-refractivity contribution in [2.45, 2.75) is 59.3 Å². The molecule has 1 N–H and O–H groups in total. The van der Waals surface area contributed by atoms with Gasteiger partial charge in [0.1, 0.15) is 0 Å². The van der Waals surface area contributed by atoms with Gasteiger partial charge in [-0.15, -0.1) is 0 Å². The Balaban J connectivity index is 2.78. The lowest BCUT2D eigenvalue weighted by molar-refractivity contribution is 0.326. The van der Waals surface area contributed by atoms with Crippen molar-refractivity contribution in [3.63, 3.8) is 0 Å². The van der Waals surface area contributed by atoms with Crippen molar-refractivity contribution in [2.24, 2.45) is 0 Å². The van der Waals surface area contributed by atoms with Gasteiger partial charge in [0.05, 0.1) is 6.61 Å². The zero-order chi connectivity index (χ0) is 12.7. The summed E-state index contributed by atoms with van der Waals surface area (Å²) < 4.78 is 0. The van der Waals surface area contributed by atoms with Crippen LogP contribution in [0.4, 0.5) is 0 Å². The second-order valence-electron chi connectivity index (χ2n) is 5.21. The van der Waals surface area contributed by atoms with E-state index in [2.05, 4.69) is 32.9 Å². The summed E-state index contributed by atoms with van der Waals surface area (Å²) in [5.41, 5.74) is 5.72. The Labute approximate surface area is 106 Å². The fourth-order valence-corrected chi connectivity index (χ4v) is 2.12. The minimum atomic E-state index is 0.217. The second kappa shape index (κ2) is 7.50. The zero-order valence-electron chi connectivity index (χ0n) is 11.6. The van der Waals surface area contributed by atoms with Crippen molar-refractivity contribution in [3.8, 4) is 0 Å². The maximum atomic E-state index is 9.30. The van der Waals surface area contributed by atoms with Crippen molar-refractivity contribution in [3.05, 3.63) is 34.4 Å². The van der Waals surface area contributed by atoms with Crippen molar-refractivity contribution in [2.75, 3.05) is 6.61 Å². The highest BCUT2D eigenvalue weighted by molar-refractivity contribution is 5.15. The van der Waals surface area contributed by atoms with Gasteiger partial charge in [0, 0.05) is 0 Å². The van der Waals surface area contributed by atoms with E-state index < -0.39 is 0 Å². The fourth-order valence-electron chi connectivity index (χ4n) is 2.12. The molecule has 0 saturated carbocycles. The van der Waals surface area contributed by atoms with E-state index in [9.17, 15) is 5.11 Å². The Morgan fingerprint density at radius 3 is 2.12 bits per heavy atom. The third-order valence-electron chi connectivity index (χ3n) is 3.74. The van der Waals surface area contributed by atoms with E-state index in [1.165, 1.54) is 35.1 Å². The van der Waals surface area contributed by atoms with Gasteiger partial charge in [0.15, 0.2) is 0 Å². The lowest BCUT2D eigenvalue weighted by Gasteiger charge is -2.11. The first-order valence-electron chi connectivity index (χ1n) is 6.73. The monoisotopic (exact) mass is 234 g/mol. The van der Waals surface area contributed by atoms with Gasteiger partial charge in [-0.2, -0.15) is 0 Å². The summed E-state index contributed by atoms with van der Waals surface area (Å²) >= 11 is 0. The zero-order valence-corrected chi connectivity index (χ0v) is 11.6. The highest BCUT2D eigenvalue weighted by atomic mass is 16.3. The maximum absolute atomic E-state index is 9.30. The fraction of sp³-hybridized carbons (Fsp3) is 0.625.